The minimum Gasteiger partial charge on any atom is -0.338 e. The summed E-state index contributed by atoms with van der Waals surface area (Å²) < 4.78 is 0.277. The first-order chi connectivity index (χ1) is 5.81. The Kier molecular flexibility index (Phi) is 2.41. The van der Waals surface area contributed by atoms with Gasteiger partial charge in [0.05, 0.1) is 4.08 Å². The van der Waals surface area contributed by atoms with Gasteiger partial charge in [0.25, 0.3) is 0 Å². The molecule has 0 aliphatic carbocycles. The summed E-state index contributed by atoms with van der Waals surface area (Å²) in [5.41, 5.74) is 0. The SMILES string of the molecule is O=C1NCCC2(CN1)SCCS2. The minimum atomic E-state index is -0.0139. The first-order valence-corrected chi connectivity index (χ1v) is 6.08. The van der Waals surface area contributed by atoms with Crippen LogP contribution in [0.5, 0.6) is 0 Å². The fourth-order valence-corrected chi connectivity index (χ4v) is 4.56. The van der Waals surface area contributed by atoms with Crippen molar-refractivity contribution in [2.45, 2.75) is 10.5 Å². The van der Waals surface area contributed by atoms with Crippen LogP contribution in [0.1, 0.15) is 6.42 Å². The van der Waals surface area contributed by atoms with Crippen LogP contribution in [0.25, 0.3) is 0 Å². The summed E-state index contributed by atoms with van der Waals surface area (Å²) in [4.78, 5) is 11.0. The summed E-state index contributed by atoms with van der Waals surface area (Å²) in [5.74, 6) is 2.45. The lowest BCUT2D eigenvalue weighted by atomic mass is 10.3. The highest BCUT2D eigenvalue weighted by atomic mass is 32.2. The van der Waals surface area contributed by atoms with Gasteiger partial charge in [0.1, 0.15) is 0 Å². The molecule has 0 aromatic carbocycles. The topological polar surface area (TPSA) is 41.1 Å². The molecule has 2 rings (SSSR count). The van der Waals surface area contributed by atoms with Gasteiger partial charge in [0, 0.05) is 24.6 Å². The molecule has 2 aliphatic rings. The van der Waals surface area contributed by atoms with Crippen molar-refractivity contribution in [2.24, 2.45) is 0 Å². The van der Waals surface area contributed by atoms with Gasteiger partial charge in [-0.3, -0.25) is 0 Å². The number of hydrogen-bond donors (Lipinski definition) is 2. The molecule has 2 saturated heterocycles. The standard InChI is InChI=1S/C7H12N2OS2/c10-6-8-2-1-7(5-9-6)11-3-4-12-7/h1-5H2,(H2,8,9,10). The van der Waals surface area contributed by atoms with Gasteiger partial charge in [-0.15, -0.1) is 23.5 Å². The molecule has 1 spiro atoms. The number of hydrogen-bond acceptors (Lipinski definition) is 3. The van der Waals surface area contributed by atoms with E-state index in [1.165, 1.54) is 11.5 Å². The van der Waals surface area contributed by atoms with Crippen molar-refractivity contribution in [3.05, 3.63) is 0 Å². The number of amides is 2. The molecular formula is C7H12N2OS2. The van der Waals surface area contributed by atoms with Crippen LogP contribution >= 0.6 is 23.5 Å². The third-order valence-electron chi connectivity index (χ3n) is 2.12. The van der Waals surface area contributed by atoms with Crippen LogP contribution < -0.4 is 10.6 Å². The van der Waals surface area contributed by atoms with E-state index >= 15 is 0 Å². The highest BCUT2D eigenvalue weighted by molar-refractivity contribution is 8.21. The fraction of sp³-hybridized carbons (Fsp3) is 0.857. The molecule has 0 bridgehead atoms. The minimum absolute atomic E-state index is 0.0139. The van der Waals surface area contributed by atoms with E-state index in [1.807, 2.05) is 23.5 Å². The van der Waals surface area contributed by atoms with E-state index in [-0.39, 0.29) is 10.1 Å². The lowest BCUT2D eigenvalue weighted by Crippen LogP contribution is -2.36. The Hall–Kier alpha value is -0.0300. The molecule has 0 saturated carbocycles. The van der Waals surface area contributed by atoms with Crippen molar-refractivity contribution in [3.63, 3.8) is 0 Å². The lowest BCUT2D eigenvalue weighted by Gasteiger charge is -2.23. The van der Waals surface area contributed by atoms with Crippen LogP contribution in [0.15, 0.2) is 0 Å². The molecule has 68 valence electrons. The van der Waals surface area contributed by atoms with Gasteiger partial charge in [0.2, 0.25) is 0 Å². The molecule has 2 N–H and O–H groups in total. The number of carbonyl (C=O) groups is 1. The van der Waals surface area contributed by atoms with Crippen LogP contribution in [0.3, 0.4) is 0 Å². The van der Waals surface area contributed by atoms with E-state index in [9.17, 15) is 4.79 Å². The predicted molar refractivity (Wildman–Crippen MR) is 53.7 cm³/mol. The highest BCUT2D eigenvalue weighted by Gasteiger charge is 2.36. The van der Waals surface area contributed by atoms with Crippen molar-refractivity contribution in [3.8, 4) is 0 Å². The Labute approximate surface area is 80.4 Å². The summed E-state index contributed by atoms with van der Waals surface area (Å²) in [5, 5.41) is 5.70. The second kappa shape index (κ2) is 3.38. The molecule has 2 heterocycles. The van der Waals surface area contributed by atoms with E-state index in [0.29, 0.717) is 0 Å². The molecule has 5 heteroatoms. The zero-order valence-electron chi connectivity index (χ0n) is 6.76. The molecule has 0 aromatic heterocycles. The van der Waals surface area contributed by atoms with Crippen LogP contribution in [0.4, 0.5) is 4.79 Å². The third-order valence-corrected chi connectivity index (χ3v) is 5.65. The summed E-state index contributed by atoms with van der Waals surface area (Å²) in [6.07, 6.45) is 1.08. The van der Waals surface area contributed by atoms with Crippen LogP contribution in [-0.2, 0) is 0 Å². The Bertz CT molecular complexity index is 192. The zero-order valence-corrected chi connectivity index (χ0v) is 8.39. The van der Waals surface area contributed by atoms with Crippen molar-refractivity contribution in [1.29, 1.82) is 0 Å². The van der Waals surface area contributed by atoms with Crippen LogP contribution in [0.2, 0.25) is 0 Å². The lowest BCUT2D eigenvalue weighted by molar-refractivity contribution is 0.243. The third kappa shape index (κ3) is 1.66. The number of thioether (sulfide) groups is 2. The van der Waals surface area contributed by atoms with E-state index in [4.69, 9.17) is 0 Å². The fourth-order valence-electron chi connectivity index (χ4n) is 1.48. The number of rotatable bonds is 0. The van der Waals surface area contributed by atoms with Gasteiger partial charge >= 0.3 is 6.03 Å². The number of nitrogens with one attached hydrogen (secondary N) is 2. The van der Waals surface area contributed by atoms with Crippen molar-refractivity contribution in [2.75, 3.05) is 24.6 Å². The molecule has 2 fully saturated rings. The number of carbonyl (C=O) groups excluding carboxylic acids is 1. The molecule has 3 nitrogen and oxygen atoms in total. The van der Waals surface area contributed by atoms with Crippen LogP contribution in [0, 0.1) is 0 Å². The molecule has 2 aliphatic heterocycles. The molecule has 0 radical (unpaired) electrons. The summed E-state index contributed by atoms with van der Waals surface area (Å²) in [6.45, 7) is 1.62. The molecular weight excluding hydrogens is 192 g/mol. The summed E-state index contributed by atoms with van der Waals surface area (Å²) >= 11 is 3.98. The van der Waals surface area contributed by atoms with E-state index in [2.05, 4.69) is 10.6 Å². The van der Waals surface area contributed by atoms with Gasteiger partial charge in [0.15, 0.2) is 0 Å². The predicted octanol–water partition coefficient (Wildman–Crippen LogP) is 0.866. The highest BCUT2D eigenvalue weighted by Crippen LogP contribution is 2.46. The van der Waals surface area contributed by atoms with E-state index in [0.717, 1.165) is 19.5 Å². The number of urea groups is 1. The molecule has 2 amide bonds. The maximum atomic E-state index is 11.0. The molecule has 0 unspecified atom stereocenters. The molecule has 0 atom stereocenters. The maximum absolute atomic E-state index is 11.0. The first-order valence-electron chi connectivity index (χ1n) is 4.10. The Morgan fingerprint density at radius 2 is 2.00 bits per heavy atom. The van der Waals surface area contributed by atoms with E-state index < -0.39 is 0 Å². The Balaban J connectivity index is 2.01. The quantitative estimate of drug-likeness (QED) is 0.615. The van der Waals surface area contributed by atoms with Crippen molar-refractivity contribution in [1.82, 2.24) is 10.6 Å². The second-order valence-electron chi connectivity index (χ2n) is 2.97. The normalized spacial score (nSPS) is 27.8. The zero-order chi connectivity index (χ0) is 8.44. The van der Waals surface area contributed by atoms with Gasteiger partial charge in [-0.25, -0.2) is 4.79 Å². The first kappa shape index (κ1) is 8.56. The largest absolute Gasteiger partial charge is 0.338 e. The van der Waals surface area contributed by atoms with Crippen molar-refractivity contribution >= 4 is 29.6 Å². The smallest absolute Gasteiger partial charge is 0.314 e. The second-order valence-corrected chi connectivity index (χ2v) is 6.18. The summed E-state index contributed by atoms with van der Waals surface area (Å²) in [7, 11) is 0. The Morgan fingerprint density at radius 3 is 2.75 bits per heavy atom. The monoisotopic (exact) mass is 204 g/mol. The van der Waals surface area contributed by atoms with Gasteiger partial charge < -0.3 is 10.6 Å². The maximum Gasteiger partial charge on any atom is 0.314 e. The average Bonchev–Trinajstić information content (AvgIpc) is 2.42. The molecule has 12 heavy (non-hydrogen) atoms. The van der Waals surface area contributed by atoms with E-state index in [1.54, 1.807) is 0 Å². The summed E-state index contributed by atoms with van der Waals surface area (Å²) in [6, 6.07) is -0.0139. The molecule has 0 aromatic rings. The van der Waals surface area contributed by atoms with Crippen molar-refractivity contribution < 1.29 is 4.79 Å². The average molecular weight is 204 g/mol. The van der Waals surface area contributed by atoms with Gasteiger partial charge in [-0.05, 0) is 6.42 Å². The van der Waals surface area contributed by atoms with Gasteiger partial charge in [-0.1, -0.05) is 0 Å². The van der Waals surface area contributed by atoms with Gasteiger partial charge in [-0.2, -0.15) is 0 Å². The Morgan fingerprint density at radius 1 is 1.25 bits per heavy atom. The van der Waals surface area contributed by atoms with Crippen LogP contribution in [-0.4, -0.2) is 34.7 Å².